The van der Waals surface area contributed by atoms with E-state index in [1.54, 1.807) is 24.4 Å². The van der Waals surface area contributed by atoms with E-state index in [4.69, 9.17) is 20.4 Å². The number of ether oxygens (including phenoxy) is 1. The van der Waals surface area contributed by atoms with Crippen molar-refractivity contribution in [2.45, 2.75) is 38.0 Å². The maximum Gasteiger partial charge on any atom is 0.308 e. The summed E-state index contributed by atoms with van der Waals surface area (Å²) in [6.45, 7) is 3.22. The zero-order chi connectivity index (χ0) is 30.9. The van der Waals surface area contributed by atoms with E-state index < -0.39 is 0 Å². The maximum atomic E-state index is 14.7. The first-order chi connectivity index (χ1) is 22.0. The van der Waals surface area contributed by atoms with Crippen molar-refractivity contribution < 1.29 is 13.9 Å². The van der Waals surface area contributed by atoms with Gasteiger partial charge < -0.3 is 15.4 Å². The van der Waals surface area contributed by atoms with Crippen molar-refractivity contribution in [3.63, 3.8) is 0 Å². The number of aromatic nitrogens is 4. The van der Waals surface area contributed by atoms with Crippen LogP contribution in [0.25, 0.3) is 39.5 Å². The van der Waals surface area contributed by atoms with Crippen LogP contribution in [0.15, 0.2) is 79.0 Å². The predicted octanol–water partition coefficient (Wildman–Crippen LogP) is 6.64. The van der Waals surface area contributed by atoms with E-state index in [0.717, 1.165) is 57.4 Å². The van der Waals surface area contributed by atoms with Crippen molar-refractivity contribution in [2.24, 2.45) is 11.8 Å². The SMILES string of the molecule is COC(=O)C1CCC(CN2CC[C@H](c3ccc(-n4c(-c5cccnc5N)nc5ccc(-c6ccccc6F)nc54)cc3)C2)CC1. The number of likely N-dealkylation sites (tertiary alicyclic amines) is 1. The van der Waals surface area contributed by atoms with Crippen LogP contribution in [0.2, 0.25) is 0 Å². The first kappa shape index (κ1) is 29.1. The number of pyridine rings is 2. The number of carbonyl (C=O) groups is 1. The van der Waals surface area contributed by atoms with Gasteiger partial charge in [-0.3, -0.25) is 9.36 Å². The number of esters is 1. The van der Waals surface area contributed by atoms with Gasteiger partial charge in [0.1, 0.15) is 17.2 Å². The molecular formula is C36H37FN6O2. The highest BCUT2D eigenvalue weighted by atomic mass is 19.1. The number of nitrogen functional groups attached to an aromatic ring is 1. The number of fused-ring (bicyclic) bond motifs is 1. The smallest absolute Gasteiger partial charge is 0.308 e. The molecule has 1 aliphatic heterocycles. The average Bonchev–Trinajstić information content (AvgIpc) is 3.70. The number of nitrogens with zero attached hydrogens (tertiary/aromatic N) is 5. The zero-order valence-corrected chi connectivity index (χ0v) is 25.4. The van der Waals surface area contributed by atoms with E-state index in [0.29, 0.717) is 51.5 Å². The van der Waals surface area contributed by atoms with E-state index in [1.807, 2.05) is 28.8 Å². The summed E-state index contributed by atoms with van der Waals surface area (Å²) < 4.78 is 21.7. The molecule has 7 rings (SSSR count). The third-order valence-electron chi connectivity index (χ3n) is 9.53. The highest BCUT2D eigenvalue weighted by Crippen LogP contribution is 2.35. The van der Waals surface area contributed by atoms with Gasteiger partial charge in [-0.05, 0) is 105 Å². The Hall–Kier alpha value is -4.63. The van der Waals surface area contributed by atoms with Crippen LogP contribution in [0, 0.1) is 17.7 Å². The van der Waals surface area contributed by atoms with Crippen molar-refractivity contribution in [3.8, 4) is 28.3 Å². The molecule has 8 nitrogen and oxygen atoms in total. The number of benzene rings is 2. The second-order valence-corrected chi connectivity index (χ2v) is 12.3. The van der Waals surface area contributed by atoms with Crippen LogP contribution < -0.4 is 5.73 Å². The monoisotopic (exact) mass is 604 g/mol. The Morgan fingerprint density at radius 2 is 1.71 bits per heavy atom. The quantitative estimate of drug-likeness (QED) is 0.208. The molecule has 230 valence electrons. The Kier molecular flexibility index (Phi) is 8.02. The molecule has 0 spiro atoms. The summed E-state index contributed by atoms with van der Waals surface area (Å²) in [7, 11) is 1.49. The van der Waals surface area contributed by atoms with E-state index >= 15 is 0 Å². The lowest BCUT2D eigenvalue weighted by molar-refractivity contribution is -0.146. The molecule has 3 aromatic heterocycles. The summed E-state index contributed by atoms with van der Waals surface area (Å²) in [4.78, 5) is 28.6. The highest BCUT2D eigenvalue weighted by molar-refractivity contribution is 5.84. The Balaban J connectivity index is 1.15. The topological polar surface area (TPSA) is 99.2 Å². The molecule has 9 heteroatoms. The number of anilines is 1. The van der Waals surface area contributed by atoms with Crippen molar-refractivity contribution >= 4 is 23.0 Å². The molecule has 4 heterocycles. The van der Waals surface area contributed by atoms with Crippen LogP contribution in [0.1, 0.15) is 43.6 Å². The fourth-order valence-electron chi connectivity index (χ4n) is 7.09. The molecule has 2 aliphatic rings. The van der Waals surface area contributed by atoms with Gasteiger partial charge in [-0.25, -0.2) is 19.3 Å². The Bertz CT molecular complexity index is 1830. The van der Waals surface area contributed by atoms with E-state index in [-0.39, 0.29) is 17.7 Å². The summed E-state index contributed by atoms with van der Waals surface area (Å²) in [6.07, 6.45) is 6.82. The number of hydrogen-bond donors (Lipinski definition) is 1. The van der Waals surface area contributed by atoms with Crippen LogP contribution in [0.5, 0.6) is 0 Å². The third kappa shape index (κ3) is 5.80. The normalized spacial score (nSPS) is 20.4. The largest absolute Gasteiger partial charge is 0.469 e. The minimum absolute atomic E-state index is 0.0563. The molecule has 0 bridgehead atoms. The number of carbonyl (C=O) groups excluding carboxylic acids is 1. The van der Waals surface area contributed by atoms with Gasteiger partial charge in [-0.15, -0.1) is 0 Å². The Labute approximate surface area is 262 Å². The van der Waals surface area contributed by atoms with Crippen LogP contribution >= 0.6 is 0 Å². The predicted molar refractivity (Wildman–Crippen MR) is 173 cm³/mol. The third-order valence-corrected chi connectivity index (χ3v) is 9.53. The molecule has 2 aromatic carbocycles. The number of nitrogens with two attached hydrogens (primary N) is 1. The summed E-state index contributed by atoms with van der Waals surface area (Å²) in [6, 6.07) is 22.7. The summed E-state index contributed by atoms with van der Waals surface area (Å²) in [5, 5.41) is 0. The molecule has 2 fully saturated rings. The number of rotatable bonds is 7. The average molecular weight is 605 g/mol. The van der Waals surface area contributed by atoms with Gasteiger partial charge in [0.2, 0.25) is 0 Å². The van der Waals surface area contributed by atoms with Gasteiger partial charge in [-0.2, -0.15) is 0 Å². The number of hydrogen-bond acceptors (Lipinski definition) is 7. The minimum Gasteiger partial charge on any atom is -0.469 e. The van der Waals surface area contributed by atoms with Crippen molar-refractivity contribution in [1.82, 2.24) is 24.4 Å². The molecule has 1 saturated carbocycles. The molecular weight excluding hydrogens is 567 g/mol. The van der Waals surface area contributed by atoms with Crippen LogP contribution in [-0.4, -0.2) is 57.1 Å². The van der Waals surface area contributed by atoms with Gasteiger partial charge in [-0.1, -0.05) is 24.3 Å². The van der Waals surface area contributed by atoms with Gasteiger partial charge in [0.05, 0.1) is 24.3 Å². The first-order valence-electron chi connectivity index (χ1n) is 15.7. The summed E-state index contributed by atoms with van der Waals surface area (Å²) in [5.41, 5.74) is 11.5. The van der Waals surface area contributed by atoms with Crippen molar-refractivity contribution in [2.75, 3.05) is 32.5 Å². The van der Waals surface area contributed by atoms with Gasteiger partial charge in [0.25, 0.3) is 0 Å². The van der Waals surface area contributed by atoms with Crippen LogP contribution in [-0.2, 0) is 9.53 Å². The Morgan fingerprint density at radius 1 is 0.933 bits per heavy atom. The molecule has 0 unspecified atom stereocenters. The molecule has 0 amide bonds. The molecule has 45 heavy (non-hydrogen) atoms. The standard InChI is InChI=1S/C36H37FN6O2/c1-45-36(44)25-10-8-23(9-11-25)21-42-20-18-26(22-42)24-12-14-27(15-13-24)43-34(29-6-4-19-39-33(29)38)41-32-17-16-31(40-35(32)43)28-5-2-3-7-30(28)37/h2-7,12-17,19,23,25-26H,8-11,18,20-22H2,1H3,(H2,38,39)/t23?,25?,26-/m0/s1. The fraction of sp³-hybridized carbons (Fsp3) is 0.333. The molecule has 1 saturated heterocycles. The number of halogens is 1. The van der Waals surface area contributed by atoms with Crippen LogP contribution in [0.4, 0.5) is 10.2 Å². The fourth-order valence-corrected chi connectivity index (χ4v) is 7.09. The molecule has 1 atom stereocenters. The van der Waals surface area contributed by atoms with Crippen molar-refractivity contribution in [3.05, 3.63) is 90.4 Å². The van der Waals surface area contributed by atoms with Gasteiger partial charge in [0, 0.05) is 30.5 Å². The second kappa shape index (κ2) is 12.4. The Morgan fingerprint density at radius 3 is 2.47 bits per heavy atom. The second-order valence-electron chi connectivity index (χ2n) is 12.3. The first-order valence-corrected chi connectivity index (χ1v) is 15.7. The number of imidazole rings is 1. The van der Waals surface area contributed by atoms with Crippen LogP contribution in [0.3, 0.4) is 0 Å². The van der Waals surface area contributed by atoms with Crippen molar-refractivity contribution in [1.29, 1.82) is 0 Å². The lowest BCUT2D eigenvalue weighted by atomic mass is 9.82. The maximum absolute atomic E-state index is 14.7. The highest BCUT2D eigenvalue weighted by Gasteiger charge is 2.31. The lowest BCUT2D eigenvalue weighted by Gasteiger charge is -2.30. The lowest BCUT2D eigenvalue weighted by Crippen LogP contribution is -2.31. The van der Waals surface area contributed by atoms with Gasteiger partial charge >= 0.3 is 5.97 Å². The molecule has 2 N–H and O–H groups in total. The van der Waals surface area contributed by atoms with E-state index in [9.17, 15) is 9.18 Å². The summed E-state index contributed by atoms with van der Waals surface area (Å²) >= 11 is 0. The number of methoxy groups -OCH3 is 1. The minimum atomic E-state index is -0.323. The molecule has 5 aromatic rings. The van der Waals surface area contributed by atoms with E-state index in [2.05, 4.69) is 34.1 Å². The summed E-state index contributed by atoms with van der Waals surface area (Å²) in [5.74, 6) is 1.81. The molecule has 0 radical (unpaired) electrons. The molecule has 1 aliphatic carbocycles. The zero-order valence-electron chi connectivity index (χ0n) is 25.4. The van der Waals surface area contributed by atoms with Gasteiger partial charge in [0.15, 0.2) is 11.5 Å². The van der Waals surface area contributed by atoms with E-state index in [1.165, 1.54) is 18.7 Å².